The van der Waals surface area contributed by atoms with Crippen LogP contribution in [0.2, 0.25) is 0 Å². The maximum atomic E-state index is 12.2. The van der Waals surface area contributed by atoms with Gasteiger partial charge >= 0.3 is 0 Å². The highest BCUT2D eigenvalue weighted by Crippen LogP contribution is 2.34. The van der Waals surface area contributed by atoms with E-state index < -0.39 is 10.8 Å². The number of carbonyl (C=O) groups excluding carboxylic acids is 2. The number of hydrogen-bond donors (Lipinski definition) is 1. The fourth-order valence-corrected chi connectivity index (χ4v) is 2.31. The number of nitrogens with one attached hydrogen (secondary N) is 1. The first-order valence-corrected chi connectivity index (χ1v) is 7.44. The highest BCUT2D eigenvalue weighted by molar-refractivity contribution is 5.85. The lowest BCUT2D eigenvalue weighted by atomic mass is 9.72. The van der Waals surface area contributed by atoms with Gasteiger partial charge in [0.05, 0.1) is 6.10 Å². The van der Waals surface area contributed by atoms with E-state index in [-0.39, 0.29) is 17.8 Å². The molecule has 0 aliphatic carbocycles. The van der Waals surface area contributed by atoms with Crippen molar-refractivity contribution in [3.63, 3.8) is 0 Å². The summed E-state index contributed by atoms with van der Waals surface area (Å²) in [6, 6.07) is 0. The van der Waals surface area contributed by atoms with E-state index in [0.717, 1.165) is 6.42 Å². The summed E-state index contributed by atoms with van der Waals surface area (Å²) in [5, 5.41) is 2.94. The van der Waals surface area contributed by atoms with Gasteiger partial charge in [-0.2, -0.15) is 0 Å². The second-order valence-corrected chi connectivity index (χ2v) is 6.81. The van der Waals surface area contributed by atoms with Gasteiger partial charge in [-0.05, 0) is 33.6 Å². The predicted octanol–water partition coefficient (Wildman–Crippen LogP) is 2.95. The van der Waals surface area contributed by atoms with Crippen LogP contribution in [0.3, 0.4) is 0 Å². The number of rotatable bonds is 9. The number of amides is 1. The van der Waals surface area contributed by atoms with Crippen LogP contribution in [0.25, 0.3) is 0 Å². The minimum absolute atomic E-state index is 0.00414. The number of hydrogen-bond acceptors (Lipinski definition) is 3. The molecule has 0 heterocycles. The summed E-state index contributed by atoms with van der Waals surface area (Å²) in [5.41, 5.74) is -1.02. The normalized spacial score (nSPS) is 13.9. The first-order chi connectivity index (χ1) is 9.03. The fourth-order valence-electron chi connectivity index (χ4n) is 2.31. The zero-order valence-corrected chi connectivity index (χ0v) is 14.1. The molecule has 0 radical (unpaired) electrons. The zero-order chi connectivity index (χ0) is 16.0. The van der Waals surface area contributed by atoms with Gasteiger partial charge in [-0.15, -0.1) is 0 Å². The number of ether oxygens (including phenoxy) is 1. The van der Waals surface area contributed by atoms with E-state index in [4.69, 9.17) is 4.74 Å². The molecule has 0 aliphatic heterocycles. The van der Waals surface area contributed by atoms with Crippen molar-refractivity contribution in [3.8, 4) is 0 Å². The molecule has 0 aromatic carbocycles. The van der Waals surface area contributed by atoms with Gasteiger partial charge in [0.15, 0.2) is 0 Å². The maximum Gasteiger partial charge on any atom is 0.225 e. The molecule has 1 amide bonds. The maximum absolute atomic E-state index is 12.2. The van der Waals surface area contributed by atoms with Crippen molar-refractivity contribution in [1.29, 1.82) is 0 Å². The van der Waals surface area contributed by atoms with Gasteiger partial charge < -0.3 is 10.1 Å². The highest BCUT2D eigenvalue weighted by atomic mass is 16.5. The van der Waals surface area contributed by atoms with Crippen LogP contribution in [0.5, 0.6) is 0 Å². The molecule has 1 unspecified atom stereocenters. The molecular formula is C16H31NO3. The number of Topliss-reactive ketones (excluding diaryl/α,β-unsaturated/α-hetero) is 1. The average molecular weight is 285 g/mol. The van der Waals surface area contributed by atoms with E-state index in [1.165, 1.54) is 0 Å². The highest BCUT2D eigenvalue weighted by Gasteiger charge is 2.36. The molecule has 4 heteroatoms. The third-order valence-corrected chi connectivity index (χ3v) is 3.74. The molecule has 0 bridgehead atoms. The van der Waals surface area contributed by atoms with Crippen molar-refractivity contribution in [1.82, 2.24) is 5.32 Å². The third-order valence-electron chi connectivity index (χ3n) is 3.74. The van der Waals surface area contributed by atoms with Crippen LogP contribution in [0, 0.1) is 10.8 Å². The van der Waals surface area contributed by atoms with Gasteiger partial charge in [-0.3, -0.25) is 9.59 Å². The van der Waals surface area contributed by atoms with Crippen molar-refractivity contribution in [3.05, 3.63) is 0 Å². The molecule has 1 atom stereocenters. The number of carbonyl (C=O) groups is 2. The van der Waals surface area contributed by atoms with Crippen LogP contribution in [0.1, 0.15) is 61.3 Å². The second-order valence-electron chi connectivity index (χ2n) is 6.81. The van der Waals surface area contributed by atoms with Crippen molar-refractivity contribution in [2.75, 3.05) is 13.2 Å². The second kappa shape index (κ2) is 7.77. The van der Waals surface area contributed by atoms with Gasteiger partial charge in [0.25, 0.3) is 0 Å². The number of ketones is 1. The van der Waals surface area contributed by atoms with Crippen LogP contribution < -0.4 is 5.32 Å². The van der Waals surface area contributed by atoms with E-state index >= 15 is 0 Å². The van der Waals surface area contributed by atoms with E-state index in [2.05, 4.69) is 5.32 Å². The largest absolute Gasteiger partial charge is 0.379 e. The Hall–Kier alpha value is -0.900. The first kappa shape index (κ1) is 19.1. The standard InChI is InChI=1S/C16H31NO3/c1-8-20-12(2)9-10-17-14(19)16(6,7)11-15(4,5)13(3)18/h12H,8-11H2,1-7H3,(H,17,19). The quantitative estimate of drug-likeness (QED) is 0.708. The lowest BCUT2D eigenvalue weighted by Gasteiger charge is -2.32. The molecule has 0 rings (SSSR count). The minimum atomic E-state index is -0.552. The smallest absolute Gasteiger partial charge is 0.225 e. The van der Waals surface area contributed by atoms with E-state index in [1.54, 1.807) is 6.92 Å². The topological polar surface area (TPSA) is 55.4 Å². The summed E-state index contributed by atoms with van der Waals surface area (Å²) in [4.78, 5) is 23.8. The monoisotopic (exact) mass is 285 g/mol. The van der Waals surface area contributed by atoms with Crippen LogP contribution in [-0.4, -0.2) is 30.9 Å². The Labute approximate surface area is 123 Å². The molecular weight excluding hydrogens is 254 g/mol. The molecule has 0 saturated carbocycles. The Morgan fingerprint density at radius 3 is 2.15 bits per heavy atom. The lowest BCUT2D eigenvalue weighted by Crippen LogP contribution is -2.42. The van der Waals surface area contributed by atoms with Crippen molar-refractivity contribution >= 4 is 11.7 Å². The Kier molecular flexibility index (Phi) is 7.42. The summed E-state index contributed by atoms with van der Waals surface area (Å²) in [5.74, 6) is 0.110. The van der Waals surface area contributed by atoms with Gasteiger partial charge in [-0.1, -0.05) is 27.7 Å². The Morgan fingerprint density at radius 1 is 1.15 bits per heavy atom. The summed E-state index contributed by atoms with van der Waals surface area (Å²) >= 11 is 0. The van der Waals surface area contributed by atoms with Crippen LogP contribution in [0.4, 0.5) is 0 Å². The molecule has 0 spiro atoms. The van der Waals surface area contributed by atoms with Crippen molar-refractivity contribution in [2.45, 2.75) is 67.4 Å². The fraction of sp³-hybridized carbons (Fsp3) is 0.875. The van der Waals surface area contributed by atoms with Gasteiger partial charge in [0.1, 0.15) is 5.78 Å². The summed E-state index contributed by atoms with van der Waals surface area (Å²) in [7, 11) is 0. The molecule has 0 saturated heterocycles. The predicted molar refractivity (Wildman–Crippen MR) is 81.6 cm³/mol. The van der Waals surface area contributed by atoms with Crippen LogP contribution >= 0.6 is 0 Å². The lowest BCUT2D eigenvalue weighted by molar-refractivity contribution is -0.134. The minimum Gasteiger partial charge on any atom is -0.379 e. The third kappa shape index (κ3) is 6.51. The molecule has 4 nitrogen and oxygen atoms in total. The summed E-state index contributed by atoms with van der Waals surface area (Å²) in [6.07, 6.45) is 1.49. The van der Waals surface area contributed by atoms with Crippen LogP contribution in [-0.2, 0) is 14.3 Å². The Balaban J connectivity index is 4.35. The van der Waals surface area contributed by atoms with Gasteiger partial charge in [0, 0.05) is 24.0 Å². The Bertz CT molecular complexity index is 335. The molecule has 0 aliphatic rings. The molecule has 20 heavy (non-hydrogen) atoms. The molecule has 0 fully saturated rings. The Morgan fingerprint density at radius 2 is 1.70 bits per heavy atom. The zero-order valence-electron chi connectivity index (χ0n) is 14.1. The first-order valence-electron chi connectivity index (χ1n) is 7.44. The van der Waals surface area contributed by atoms with Gasteiger partial charge in [0.2, 0.25) is 5.91 Å². The van der Waals surface area contributed by atoms with Crippen molar-refractivity contribution in [2.24, 2.45) is 10.8 Å². The van der Waals surface area contributed by atoms with E-state index in [9.17, 15) is 9.59 Å². The van der Waals surface area contributed by atoms with Gasteiger partial charge in [-0.25, -0.2) is 0 Å². The average Bonchev–Trinajstić information content (AvgIpc) is 2.27. The van der Waals surface area contributed by atoms with Crippen LogP contribution in [0.15, 0.2) is 0 Å². The summed E-state index contributed by atoms with van der Waals surface area (Å²) in [6.45, 7) is 14.4. The SMILES string of the molecule is CCOC(C)CCNC(=O)C(C)(C)CC(C)(C)C(C)=O. The van der Waals surface area contributed by atoms with E-state index in [1.807, 2.05) is 41.5 Å². The van der Waals surface area contributed by atoms with E-state index in [0.29, 0.717) is 19.6 Å². The summed E-state index contributed by atoms with van der Waals surface area (Å²) < 4.78 is 5.43. The van der Waals surface area contributed by atoms with Crippen molar-refractivity contribution < 1.29 is 14.3 Å². The molecule has 0 aromatic rings. The molecule has 1 N–H and O–H groups in total. The molecule has 0 aromatic heterocycles. The molecule has 118 valence electrons.